The summed E-state index contributed by atoms with van der Waals surface area (Å²) in [5.41, 5.74) is 0.0505. The first-order valence-electron chi connectivity index (χ1n) is 5.05. The molecule has 1 aromatic rings. The molecular formula is C11H10INO6. The van der Waals surface area contributed by atoms with Crippen LogP contribution in [0.15, 0.2) is 18.2 Å². The molecule has 1 atom stereocenters. The van der Waals surface area contributed by atoms with Gasteiger partial charge in [0.25, 0.3) is 5.91 Å². The van der Waals surface area contributed by atoms with E-state index in [0.29, 0.717) is 3.57 Å². The monoisotopic (exact) mass is 379 g/mol. The third-order valence-electron chi connectivity index (χ3n) is 2.19. The number of aromatic hydroxyl groups is 1. The number of hydrogen-bond acceptors (Lipinski definition) is 4. The predicted molar refractivity (Wildman–Crippen MR) is 72.0 cm³/mol. The maximum Gasteiger partial charge on any atom is 0.326 e. The van der Waals surface area contributed by atoms with Crippen LogP contribution in [0.3, 0.4) is 0 Å². The fourth-order valence-corrected chi connectivity index (χ4v) is 1.61. The van der Waals surface area contributed by atoms with Gasteiger partial charge in [-0.25, -0.2) is 4.79 Å². The highest BCUT2D eigenvalue weighted by atomic mass is 127. The van der Waals surface area contributed by atoms with Gasteiger partial charge in [-0.3, -0.25) is 9.59 Å². The molecule has 1 amide bonds. The van der Waals surface area contributed by atoms with Crippen LogP contribution in [0.5, 0.6) is 5.75 Å². The van der Waals surface area contributed by atoms with Crippen molar-refractivity contribution in [3.63, 3.8) is 0 Å². The highest BCUT2D eigenvalue weighted by Gasteiger charge is 2.23. The van der Waals surface area contributed by atoms with Crippen molar-refractivity contribution in [1.82, 2.24) is 5.32 Å². The average Bonchev–Trinajstić information content (AvgIpc) is 2.31. The van der Waals surface area contributed by atoms with E-state index in [1.54, 1.807) is 0 Å². The van der Waals surface area contributed by atoms with Gasteiger partial charge < -0.3 is 20.6 Å². The van der Waals surface area contributed by atoms with Gasteiger partial charge in [0.2, 0.25) is 0 Å². The Morgan fingerprint density at radius 1 is 1.26 bits per heavy atom. The Balaban J connectivity index is 2.84. The minimum atomic E-state index is -1.52. The molecule has 0 saturated carbocycles. The van der Waals surface area contributed by atoms with Crippen molar-refractivity contribution in [2.45, 2.75) is 12.5 Å². The number of halogens is 1. The molecule has 1 aromatic carbocycles. The number of carbonyl (C=O) groups excluding carboxylic acids is 1. The lowest BCUT2D eigenvalue weighted by Crippen LogP contribution is -2.42. The number of hydrogen-bond donors (Lipinski definition) is 4. The topological polar surface area (TPSA) is 124 Å². The van der Waals surface area contributed by atoms with E-state index in [4.69, 9.17) is 10.2 Å². The second kappa shape index (κ2) is 6.36. The molecule has 0 radical (unpaired) electrons. The number of phenolic OH excluding ortho intramolecular Hbond substituents is 1. The zero-order valence-corrected chi connectivity index (χ0v) is 11.6. The molecule has 1 rings (SSSR count). The fourth-order valence-electron chi connectivity index (χ4n) is 1.27. The summed E-state index contributed by atoms with van der Waals surface area (Å²) in [6, 6.07) is 2.54. The molecule has 0 heterocycles. The summed E-state index contributed by atoms with van der Waals surface area (Å²) < 4.78 is 0.537. The largest absolute Gasteiger partial charge is 0.507 e. The molecule has 8 heteroatoms. The van der Waals surface area contributed by atoms with Crippen LogP contribution in [0.1, 0.15) is 16.8 Å². The second-order valence-electron chi connectivity index (χ2n) is 3.63. The molecule has 0 bridgehead atoms. The average molecular weight is 379 g/mol. The minimum Gasteiger partial charge on any atom is -0.507 e. The van der Waals surface area contributed by atoms with Crippen LogP contribution in [-0.2, 0) is 9.59 Å². The Hall–Kier alpha value is -1.84. The van der Waals surface area contributed by atoms with Crippen molar-refractivity contribution in [3.8, 4) is 5.75 Å². The van der Waals surface area contributed by atoms with E-state index < -0.39 is 30.3 Å². The maximum absolute atomic E-state index is 11.7. The van der Waals surface area contributed by atoms with Crippen LogP contribution in [0.25, 0.3) is 0 Å². The van der Waals surface area contributed by atoms with Crippen LogP contribution in [0, 0.1) is 3.57 Å². The van der Waals surface area contributed by atoms with E-state index in [9.17, 15) is 19.5 Å². The molecule has 0 unspecified atom stereocenters. The minimum absolute atomic E-state index is 0.0505. The van der Waals surface area contributed by atoms with Crippen molar-refractivity contribution in [2.24, 2.45) is 0 Å². The molecule has 0 spiro atoms. The Labute approximate surface area is 121 Å². The number of carboxylic acids is 2. The lowest BCUT2D eigenvalue weighted by atomic mass is 10.1. The van der Waals surface area contributed by atoms with E-state index in [-0.39, 0.29) is 11.3 Å². The van der Waals surface area contributed by atoms with E-state index in [0.717, 1.165) is 0 Å². The summed E-state index contributed by atoms with van der Waals surface area (Å²) in [5.74, 6) is -3.65. The normalized spacial score (nSPS) is 11.6. The first kappa shape index (κ1) is 15.2. The number of aliphatic carboxylic acids is 2. The highest BCUT2D eigenvalue weighted by Crippen LogP contribution is 2.20. The summed E-state index contributed by atoms with van der Waals surface area (Å²) in [5, 5.41) is 28.8. The van der Waals surface area contributed by atoms with Crippen LogP contribution in [-0.4, -0.2) is 39.2 Å². The summed E-state index contributed by atoms with van der Waals surface area (Å²) >= 11 is 1.86. The highest BCUT2D eigenvalue weighted by molar-refractivity contribution is 14.1. The van der Waals surface area contributed by atoms with Gasteiger partial charge in [0.1, 0.15) is 11.8 Å². The van der Waals surface area contributed by atoms with Crippen LogP contribution in [0.4, 0.5) is 0 Å². The van der Waals surface area contributed by atoms with Crippen molar-refractivity contribution in [1.29, 1.82) is 0 Å². The van der Waals surface area contributed by atoms with Crippen LogP contribution < -0.4 is 5.32 Å². The first-order chi connectivity index (χ1) is 8.81. The molecule has 0 aromatic heterocycles. The van der Waals surface area contributed by atoms with Gasteiger partial charge in [0.05, 0.1) is 9.99 Å². The lowest BCUT2D eigenvalue weighted by molar-refractivity contribution is -0.145. The third kappa shape index (κ3) is 4.39. The molecule has 4 N–H and O–H groups in total. The quantitative estimate of drug-likeness (QED) is 0.557. The SMILES string of the molecule is O=C(O)C[C@H](NC(=O)c1ccc(I)c(O)c1)C(=O)O. The molecule has 0 aliphatic heterocycles. The molecule has 7 nitrogen and oxygen atoms in total. The van der Waals surface area contributed by atoms with Gasteiger partial charge in [-0.15, -0.1) is 0 Å². The number of nitrogens with one attached hydrogen (secondary N) is 1. The van der Waals surface area contributed by atoms with Gasteiger partial charge in [-0.2, -0.15) is 0 Å². The number of benzene rings is 1. The van der Waals surface area contributed by atoms with E-state index in [1.165, 1.54) is 18.2 Å². The molecule has 0 fully saturated rings. The van der Waals surface area contributed by atoms with Crippen molar-refractivity contribution in [2.75, 3.05) is 0 Å². The van der Waals surface area contributed by atoms with Crippen LogP contribution >= 0.6 is 22.6 Å². The van der Waals surface area contributed by atoms with Crippen molar-refractivity contribution in [3.05, 3.63) is 27.3 Å². The van der Waals surface area contributed by atoms with Crippen molar-refractivity contribution < 1.29 is 29.7 Å². The zero-order valence-electron chi connectivity index (χ0n) is 9.46. The van der Waals surface area contributed by atoms with Gasteiger partial charge >= 0.3 is 11.9 Å². The van der Waals surface area contributed by atoms with Gasteiger partial charge in [0, 0.05) is 5.56 Å². The number of rotatable bonds is 5. The molecule has 0 aliphatic rings. The summed E-state index contributed by atoms with van der Waals surface area (Å²) in [6.45, 7) is 0. The number of phenols is 1. The van der Waals surface area contributed by atoms with E-state index >= 15 is 0 Å². The summed E-state index contributed by atoms with van der Waals surface area (Å²) in [7, 11) is 0. The third-order valence-corrected chi connectivity index (χ3v) is 3.10. The summed E-state index contributed by atoms with van der Waals surface area (Å²) in [6.07, 6.45) is -0.725. The van der Waals surface area contributed by atoms with E-state index in [1.807, 2.05) is 22.6 Å². The number of carbonyl (C=O) groups is 3. The molecular weight excluding hydrogens is 369 g/mol. The van der Waals surface area contributed by atoms with Gasteiger partial charge in [-0.1, -0.05) is 0 Å². The van der Waals surface area contributed by atoms with Crippen molar-refractivity contribution >= 4 is 40.4 Å². The van der Waals surface area contributed by atoms with Crippen LogP contribution in [0.2, 0.25) is 0 Å². The Kier molecular flexibility index (Phi) is 5.10. The molecule has 102 valence electrons. The molecule has 19 heavy (non-hydrogen) atoms. The van der Waals surface area contributed by atoms with E-state index in [2.05, 4.69) is 5.32 Å². The molecule has 0 saturated heterocycles. The lowest BCUT2D eigenvalue weighted by Gasteiger charge is -2.12. The van der Waals surface area contributed by atoms with Gasteiger partial charge in [0.15, 0.2) is 0 Å². The number of carboxylic acid groups (broad SMARTS) is 2. The summed E-state index contributed by atoms with van der Waals surface area (Å²) in [4.78, 5) is 33.0. The van der Waals surface area contributed by atoms with Gasteiger partial charge in [-0.05, 0) is 40.8 Å². The maximum atomic E-state index is 11.7. The Bertz CT molecular complexity index is 530. The molecule has 0 aliphatic carbocycles. The second-order valence-corrected chi connectivity index (χ2v) is 4.79. The standard InChI is InChI=1S/C11H10INO6/c12-6-2-1-5(3-8(6)14)10(17)13-7(11(18)19)4-9(15)16/h1-3,7,14H,4H2,(H,13,17)(H,15,16)(H,18,19)/t7-/m0/s1. The zero-order chi connectivity index (χ0) is 14.6. The predicted octanol–water partition coefficient (Wildman–Crippen LogP) is 0.654. The first-order valence-corrected chi connectivity index (χ1v) is 6.13. The Morgan fingerprint density at radius 2 is 1.89 bits per heavy atom. The smallest absolute Gasteiger partial charge is 0.326 e. The number of amides is 1. The fraction of sp³-hybridized carbons (Fsp3) is 0.182. The Morgan fingerprint density at radius 3 is 2.37 bits per heavy atom.